The molecular formula is C19H16ClN3OS. The predicted octanol–water partition coefficient (Wildman–Crippen LogP) is 4.52. The molecule has 0 aliphatic rings. The molecule has 1 N–H and O–H groups in total. The molecule has 0 bridgehead atoms. The lowest BCUT2D eigenvalue weighted by atomic mass is 10.1. The second-order valence-corrected chi connectivity index (χ2v) is 6.82. The summed E-state index contributed by atoms with van der Waals surface area (Å²) in [5, 5.41) is 5.83. The van der Waals surface area contributed by atoms with Crippen LogP contribution >= 0.6 is 23.4 Å². The van der Waals surface area contributed by atoms with E-state index in [1.807, 2.05) is 55.5 Å². The number of nitrogens with zero attached hydrogens (tertiary/aromatic N) is 2. The lowest BCUT2D eigenvalue weighted by Gasteiger charge is -2.05. The second kappa shape index (κ2) is 8.14. The number of rotatable bonds is 5. The van der Waals surface area contributed by atoms with Gasteiger partial charge >= 0.3 is 0 Å². The number of carbonyl (C=O) groups is 1. The molecule has 126 valence electrons. The summed E-state index contributed by atoms with van der Waals surface area (Å²) in [6, 6.07) is 17.2. The third-order valence-electron chi connectivity index (χ3n) is 3.55. The van der Waals surface area contributed by atoms with Crippen molar-refractivity contribution in [1.82, 2.24) is 10.4 Å². The molecule has 3 rings (SSSR count). The zero-order chi connectivity index (χ0) is 17.6. The van der Waals surface area contributed by atoms with Crippen molar-refractivity contribution in [3.63, 3.8) is 0 Å². The summed E-state index contributed by atoms with van der Waals surface area (Å²) in [5.74, 6) is 0.0986. The molecule has 4 nitrogen and oxygen atoms in total. The topological polar surface area (TPSA) is 54.4 Å². The molecule has 0 fully saturated rings. The average molecular weight is 370 g/mol. The summed E-state index contributed by atoms with van der Waals surface area (Å²) in [7, 11) is 0. The van der Waals surface area contributed by atoms with Gasteiger partial charge in [0.1, 0.15) is 0 Å². The Bertz CT molecular complexity index is 937. The summed E-state index contributed by atoms with van der Waals surface area (Å²) >= 11 is 7.41. The Hall–Kier alpha value is -2.37. The molecule has 1 aromatic heterocycles. The third kappa shape index (κ3) is 4.59. The van der Waals surface area contributed by atoms with Gasteiger partial charge in [0.25, 0.3) is 0 Å². The van der Waals surface area contributed by atoms with Crippen LogP contribution in [0.2, 0.25) is 5.02 Å². The van der Waals surface area contributed by atoms with Crippen LogP contribution in [-0.2, 0) is 4.79 Å². The van der Waals surface area contributed by atoms with Gasteiger partial charge in [0.2, 0.25) is 5.91 Å². The number of pyridine rings is 1. The van der Waals surface area contributed by atoms with E-state index in [-0.39, 0.29) is 11.7 Å². The molecule has 3 aromatic rings. The number of benzene rings is 2. The summed E-state index contributed by atoms with van der Waals surface area (Å²) in [6.45, 7) is 1.83. The number of thioether (sulfide) groups is 1. The summed E-state index contributed by atoms with van der Waals surface area (Å²) < 4.78 is 0. The first-order chi connectivity index (χ1) is 12.1. The van der Waals surface area contributed by atoms with Crippen LogP contribution in [0.1, 0.15) is 12.5 Å². The Morgan fingerprint density at radius 1 is 1.20 bits per heavy atom. The van der Waals surface area contributed by atoms with E-state index in [2.05, 4.69) is 15.5 Å². The zero-order valence-electron chi connectivity index (χ0n) is 13.6. The van der Waals surface area contributed by atoms with Gasteiger partial charge in [-0.2, -0.15) is 5.10 Å². The van der Waals surface area contributed by atoms with Crippen LogP contribution in [0.25, 0.3) is 10.9 Å². The van der Waals surface area contributed by atoms with Crippen LogP contribution in [0.15, 0.2) is 70.8 Å². The van der Waals surface area contributed by atoms with Crippen molar-refractivity contribution in [3.05, 3.63) is 71.4 Å². The lowest BCUT2D eigenvalue weighted by molar-refractivity contribution is -0.118. The first kappa shape index (κ1) is 17.5. The Balaban J connectivity index is 1.62. The van der Waals surface area contributed by atoms with Crippen molar-refractivity contribution >= 4 is 45.9 Å². The SMILES string of the molecule is C/C(=N/NC(=O)CSc1cccc2cccnc12)c1cccc(Cl)c1. The number of aromatic nitrogens is 1. The number of para-hydroxylation sites is 1. The van der Waals surface area contributed by atoms with Crippen molar-refractivity contribution < 1.29 is 4.79 Å². The normalized spacial score (nSPS) is 11.5. The number of halogens is 1. The first-order valence-electron chi connectivity index (χ1n) is 7.69. The van der Waals surface area contributed by atoms with Crippen LogP contribution in [0.4, 0.5) is 0 Å². The molecule has 0 atom stereocenters. The van der Waals surface area contributed by atoms with Crippen LogP contribution in [0, 0.1) is 0 Å². The molecule has 2 aromatic carbocycles. The fourth-order valence-electron chi connectivity index (χ4n) is 2.29. The number of amides is 1. The van der Waals surface area contributed by atoms with Gasteiger partial charge in [0, 0.05) is 21.5 Å². The van der Waals surface area contributed by atoms with Gasteiger partial charge < -0.3 is 0 Å². The van der Waals surface area contributed by atoms with Gasteiger partial charge in [-0.05, 0) is 36.8 Å². The quantitative estimate of drug-likeness (QED) is 0.408. The number of hydrogen-bond donors (Lipinski definition) is 1. The van der Waals surface area contributed by atoms with E-state index in [1.54, 1.807) is 12.3 Å². The Morgan fingerprint density at radius 3 is 2.84 bits per heavy atom. The Kier molecular flexibility index (Phi) is 5.68. The molecule has 1 heterocycles. The molecular weight excluding hydrogens is 354 g/mol. The predicted molar refractivity (Wildman–Crippen MR) is 104 cm³/mol. The van der Waals surface area contributed by atoms with E-state index in [1.165, 1.54) is 11.8 Å². The first-order valence-corrected chi connectivity index (χ1v) is 9.05. The van der Waals surface area contributed by atoms with E-state index in [4.69, 9.17) is 11.6 Å². The van der Waals surface area contributed by atoms with E-state index in [0.29, 0.717) is 10.7 Å². The highest BCUT2D eigenvalue weighted by atomic mass is 35.5. The summed E-state index contributed by atoms with van der Waals surface area (Å²) in [6.07, 6.45) is 1.76. The molecule has 0 saturated carbocycles. The van der Waals surface area contributed by atoms with Gasteiger partial charge in [-0.25, -0.2) is 5.43 Å². The van der Waals surface area contributed by atoms with Gasteiger partial charge in [-0.3, -0.25) is 9.78 Å². The van der Waals surface area contributed by atoms with Crippen LogP contribution in [-0.4, -0.2) is 22.4 Å². The fourth-order valence-corrected chi connectivity index (χ4v) is 3.32. The fraction of sp³-hybridized carbons (Fsp3) is 0.105. The van der Waals surface area contributed by atoms with Crippen LogP contribution < -0.4 is 5.43 Å². The van der Waals surface area contributed by atoms with Gasteiger partial charge in [-0.15, -0.1) is 11.8 Å². The molecule has 6 heteroatoms. The zero-order valence-corrected chi connectivity index (χ0v) is 15.1. The highest BCUT2D eigenvalue weighted by Gasteiger charge is 2.06. The van der Waals surface area contributed by atoms with Crippen molar-refractivity contribution in [2.75, 3.05) is 5.75 Å². The highest BCUT2D eigenvalue weighted by molar-refractivity contribution is 8.00. The minimum Gasteiger partial charge on any atom is -0.272 e. The van der Waals surface area contributed by atoms with E-state index in [0.717, 1.165) is 21.4 Å². The molecule has 0 aliphatic heterocycles. The van der Waals surface area contributed by atoms with Crippen LogP contribution in [0.3, 0.4) is 0 Å². The monoisotopic (exact) mass is 369 g/mol. The molecule has 0 saturated heterocycles. The minimum absolute atomic E-state index is 0.167. The summed E-state index contributed by atoms with van der Waals surface area (Å²) in [5.41, 5.74) is 5.06. The van der Waals surface area contributed by atoms with E-state index < -0.39 is 0 Å². The van der Waals surface area contributed by atoms with Gasteiger partial charge in [0.05, 0.1) is 17.0 Å². The largest absolute Gasteiger partial charge is 0.272 e. The Labute approximate surface area is 155 Å². The maximum Gasteiger partial charge on any atom is 0.250 e. The van der Waals surface area contributed by atoms with Gasteiger partial charge in [-0.1, -0.05) is 41.9 Å². The van der Waals surface area contributed by atoms with Crippen molar-refractivity contribution in [1.29, 1.82) is 0 Å². The van der Waals surface area contributed by atoms with Crippen molar-refractivity contribution in [2.24, 2.45) is 5.10 Å². The molecule has 25 heavy (non-hydrogen) atoms. The lowest BCUT2D eigenvalue weighted by Crippen LogP contribution is -2.21. The maximum atomic E-state index is 12.1. The van der Waals surface area contributed by atoms with Gasteiger partial charge in [0.15, 0.2) is 0 Å². The Morgan fingerprint density at radius 2 is 2.00 bits per heavy atom. The number of nitrogens with one attached hydrogen (secondary N) is 1. The van der Waals surface area contributed by atoms with Crippen LogP contribution in [0.5, 0.6) is 0 Å². The number of hydrazone groups is 1. The average Bonchev–Trinajstić information content (AvgIpc) is 2.64. The number of fused-ring (bicyclic) bond motifs is 1. The molecule has 0 spiro atoms. The standard InChI is InChI=1S/C19H16ClN3OS/c1-13(15-6-2-8-16(20)11-15)22-23-18(24)12-25-17-9-3-5-14-7-4-10-21-19(14)17/h2-11H,12H2,1H3,(H,23,24)/b22-13-. The van der Waals surface area contributed by atoms with Crippen molar-refractivity contribution in [3.8, 4) is 0 Å². The number of hydrogen-bond acceptors (Lipinski definition) is 4. The highest BCUT2D eigenvalue weighted by Crippen LogP contribution is 2.25. The molecule has 0 radical (unpaired) electrons. The minimum atomic E-state index is -0.167. The third-order valence-corrected chi connectivity index (χ3v) is 4.83. The molecule has 0 aliphatic carbocycles. The molecule has 1 amide bonds. The second-order valence-electron chi connectivity index (χ2n) is 5.36. The maximum absolute atomic E-state index is 12.1. The summed E-state index contributed by atoms with van der Waals surface area (Å²) in [4.78, 5) is 17.4. The van der Waals surface area contributed by atoms with E-state index >= 15 is 0 Å². The molecule has 0 unspecified atom stereocenters. The van der Waals surface area contributed by atoms with E-state index in [9.17, 15) is 4.79 Å². The van der Waals surface area contributed by atoms with Crippen molar-refractivity contribution in [2.45, 2.75) is 11.8 Å². The number of carbonyl (C=O) groups excluding carboxylic acids is 1. The smallest absolute Gasteiger partial charge is 0.250 e.